The fourth-order valence-corrected chi connectivity index (χ4v) is 2.65. The average molecular weight is 342 g/mol. The second-order valence-corrected chi connectivity index (χ2v) is 5.68. The molecule has 8 nitrogen and oxygen atoms in total. The highest BCUT2D eigenvalue weighted by Crippen LogP contribution is 2.25. The zero-order valence-corrected chi connectivity index (χ0v) is 14.0. The maximum atomic E-state index is 12.8. The molecule has 1 fully saturated rings. The Morgan fingerprint density at radius 3 is 3.04 bits per heavy atom. The molecule has 1 aromatic heterocycles. The Balaban J connectivity index is 1.74. The first-order valence-electron chi connectivity index (χ1n) is 7.93. The lowest BCUT2D eigenvalue weighted by atomic mass is 10.2. The van der Waals surface area contributed by atoms with Gasteiger partial charge in [0, 0.05) is 13.5 Å². The quantitative estimate of drug-likeness (QED) is 0.832. The Morgan fingerprint density at radius 2 is 2.32 bits per heavy atom. The molecule has 8 heteroatoms. The largest absolute Gasteiger partial charge is 0.481 e. The van der Waals surface area contributed by atoms with Crippen LogP contribution in [0.4, 0.5) is 0 Å². The van der Waals surface area contributed by atoms with E-state index in [2.05, 4.69) is 10.2 Å². The van der Waals surface area contributed by atoms with Crippen LogP contribution in [0.1, 0.15) is 30.3 Å². The molecule has 0 unspecified atom stereocenters. The Kier molecular flexibility index (Phi) is 4.95. The molecule has 0 aliphatic carbocycles. The molecule has 0 radical (unpaired) electrons. The first kappa shape index (κ1) is 16.9. The summed E-state index contributed by atoms with van der Waals surface area (Å²) < 4.78 is 16.6. The molecule has 0 N–H and O–H groups in total. The summed E-state index contributed by atoms with van der Waals surface area (Å²) >= 11 is 0. The minimum atomic E-state index is -0.724. The summed E-state index contributed by atoms with van der Waals surface area (Å²) in [5.41, 5.74) is 0.475. The minimum Gasteiger partial charge on any atom is -0.481 e. The van der Waals surface area contributed by atoms with Crippen molar-refractivity contribution in [3.63, 3.8) is 0 Å². The number of hydrogen-bond acceptors (Lipinski definition) is 7. The van der Waals surface area contributed by atoms with Crippen LogP contribution in [0.3, 0.4) is 0 Å². The smallest absolute Gasteiger partial charge is 0.264 e. The van der Waals surface area contributed by atoms with Gasteiger partial charge in [0.25, 0.3) is 5.91 Å². The molecule has 2 heterocycles. The van der Waals surface area contributed by atoms with Gasteiger partial charge >= 0.3 is 0 Å². The van der Waals surface area contributed by atoms with E-state index < -0.39 is 12.1 Å². The molecular weight excluding hydrogens is 324 g/mol. The first-order chi connectivity index (χ1) is 12.1. The Labute approximate surface area is 145 Å². The van der Waals surface area contributed by atoms with Gasteiger partial charge in [-0.1, -0.05) is 6.07 Å². The highest BCUT2D eigenvalue weighted by atomic mass is 16.5. The van der Waals surface area contributed by atoms with Gasteiger partial charge in [0.05, 0.1) is 24.8 Å². The maximum Gasteiger partial charge on any atom is 0.264 e. The molecule has 3 rings (SSSR count). The minimum absolute atomic E-state index is 0.202. The second-order valence-electron chi connectivity index (χ2n) is 5.68. The van der Waals surface area contributed by atoms with Crippen LogP contribution >= 0.6 is 0 Å². The van der Waals surface area contributed by atoms with Crippen molar-refractivity contribution < 1.29 is 18.7 Å². The SMILES string of the molecule is Cc1nnc([C@H]2COCCN2C(=O)[C@@H](C)Oc2cccc(C#N)c2)o1. The Bertz CT molecular complexity index is 798. The number of amides is 1. The van der Waals surface area contributed by atoms with Crippen LogP contribution in [0, 0.1) is 18.3 Å². The van der Waals surface area contributed by atoms with Crippen LogP contribution in [-0.2, 0) is 9.53 Å². The van der Waals surface area contributed by atoms with Crippen LogP contribution in [0.2, 0.25) is 0 Å². The number of benzene rings is 1. The topological polar surface area (TPSA) is 101 Å². The van der Waals surface area contributed by atoms with Crippen LogP contribution in [0.5, 0.6) is 5.75 Å². The number of ether oxygens (including phenoxy) is 2. The average Bonchev–Trinajstić information content (AvgIpc) is 3.07. The van der Waals surface area contributed by atoms with Gasteiger partial charge in [-0.3, -0.25) is 4.79 Å². The summed E-state index contributed by atoms with van der Waals surface area (Å²) in [6.45, 7) is 4.51. The summed E-state index contributed by atoms with van der Waals surface area (Å²) in [7, 11) is 0. The van der Waals surface area contributed by atoms with Gasteiger partial charge in [-0.2, -0.15) is 5.26 Å². The molecule has 1 aliphatic rings. The van der Waals surface area contributed by atoms with Crippen molar-refractivity contribution in [2.24, 2.45) is 0 Å². The van der Waals surface area contributed by atoms with Crippen molar-refractivity contribution >= 4 is 5.91 Å². The molecule has 1 amide bonds. The Morgan fingerprint density at radius 1 is 1.48 bits per heavy atom. The van der Waals surface area contributed by atoms with E-state index in [0.717, 1.165) is 0 Å². The van der Waals surface area contributed by atoms with Gasteiger partial charge in [0.2, 0.25) is 11.8 Å². The zero-order valence-electron chi connectivity index (χ0n) is 14.0. The van der Waals surface area contributed by atoms with E-state index in [-0.39, 0.29) is 5.91 Å². The van der Waals surface area contributed by atoms with Crippen LogP contribution in [0.15, 0.2) is 28.7 Å². The number of aromatic nitrogens is 2. The number of carbonyl (C=O) groups is 1. The van der Waals surface area contributed by atoms with Crippen LogP contribution in [-0.4, -0.2) is 46.9 Å². The number of nitrogens with zero attached hydrogens (tertiary/aromatic N) is 4. The standard InChI is InChI=1S/C17H18N4O4/c1-11(24-14-5-3-4-13(8-14)9-18)17(22)21-6-7-23-10-15(21)16-20-19-12(2)25-16/h3-5,8,11,15H,6-7,10H2,1-2H3/t11-,15-/m1/s1. The van der Waals surface area contributed by atoms with Crippen molar-refractivity contribution in [3.05, 3.63) is 41.6 Å². The number of rotatable bonds is 4. The van der Waals surface area contributed by atoms with Crippen LogP contribution in [0.25, 0.3) is 0 Å². The van der Waals surface area contributed by atoms with Crippen molar-refractivity contribution in [3.8, 4) is 11.8 Å². The molecule has 1 aliphatic heterocycles. The summed E-state index contributed by atoms with van der Waals surface area (Å²) in [6, 6.07) is 8.31. The molecule has 0 bridgehead atoms. The molecular formula is C17H18N4O4. The molecule has 2 aromatic rings. The molecule has 130 valence electrons. The second kappa shape index (κ2) is 7.32. The van der Waals surface area contributed by atoms with Gasteiger partial charge in [-0.05, 0) is 25.1 Å². The lowest BCUT2D eigenvalue weighted by Gasteiger charge is -2.35. The predicted molar refractivity (Wildman–Crippen MR) is 85.6 cm³/mol. The van der Waals surface area contributed by atoms with Gasteiger partial charge < -0.3 is 18.8 Å². The van der Waals surface area contributed by atoms with Gasteiger partial charge in [-0.25, -0.2) is 0 Å². The summed E-state index contributed by atoms with van der Waals surface area (Å²) in [5, 5.41) is 16.8. The molecule has 1 saturated heterocycles. The highest BCUT2D eigenvalue weighted by molar-refractivity contribution is 5.81. The molecule has 0 saturated carbocycles. The third kappa shape index (κ3) is 3.78. The van der Waals surface area contributed by atoms with E-state index in [1.54, 1.807) is 43.0 Å². The third-order valence-electron chi connectivity index (χ3n) is 3.86. The fraction of sp³-hybridized carbons (Fsp3) is 0.412. The number of hydrogen-bond donors (Lipinski definition) is 0. The van der Waals surface area contributed by atoms with E-state index in [1.807, 2.05) is 6.07 Å². The van der Waals surface area contributed by atoms with Crippen molar-refractivity contribution in [2.75, 3.05) is 19.8 Å². The van der Waals surface area contributed by atoms with Gasteiger partial charge in [-0.15, -0.1) is 10.2 Å². The van der Waals surface area contributed by atoms with Crippen molar-refractivity contribution in [1.82, 2.24) is 15.1 Å². The van der Waals surface area contributed by atoms with E-state index in [9.17, 15) is 4.79 Å². The zero-order chi connectivity index (χ0) is 17.8. The van der Waals surface area contributed by atoms with Crippen molar-refractivity contribution in [1.29, 1.82) is 5.26 Å². The van der Waals surface area contributed by atoms with Crippen molar-refractivity contribution in [2.45, 2.75) is 26.0 Å². The lowest BCUT2D eigenvalue weighted by Crippen LogP contribution is -2.48. The monoisotopic (exact) mass is 342 g/mol. The number of aryl methyl sites for hydroxylation is 1. The van der Waals surface area contributed by atoms with E-state index in [4.69, 9.17) is 19.2 Å². The lowest BCUT2D eigenvalue weighted by molar-refractivity contribution is -0.148. The maximum absolute atomic E-state index is 12.8. The summed E-state index contributed by atoms with van der Waals surface area (Å²) in [5.74, 6) is 1.06. The highest BCUT2D eigenvalue weighted by Gasteiger charge is 2.35. The number of nitriles is 1. The Hall–Kier alpha value is -2.92. The number of morpholine rings is 1. The summed E-state index contributed by atoms with van der Waals surface area (Å²) in [4.78, 5) is 14.5. The first-order valence-corrected chi connectivity index (χ1v) is 7.93. The third-order valence-corrected chi connectivity index (χ3v) is 3.86. The molecule has 1 aromatic carbocycles. The summed E-state index contributed by atoms with van der Waals surface area (Å²) in [6.07, 6.45) is -0.724. The molecule has 25 heavy (non-hydrogen) atoms. The van der Waals surface area contributed by atoms with E-state index in [1.165, 1.54) is 0 Å². The molecule has 2 atom stereocenters. The van der Waals surface area contributed by atoms with Gasteiger partial charge in [0.15, 0.2) is 6.10 Å². The predicted octanol–water partition coefficient (Wildman–Crippen LogP) is 1.62. The molecule has 0 spiro atoms. The van der Waals surface area contributed by atoms with E-state index in [0.29, 0.717) is 42.9 Å². The van der Waals surface area contributed by atoms with E-state index >= 15 is 0 Å². The normalized spacial score (nSPS) is 18.4. The van der Waals surface area contributed by atoms with Gasteiger partial charge in [0.1, 0.15) is 11.8 Å². The van der Waals surface area contributed by atoms with Crippen LogP contribution < -0.4 is 4.74 Å². The fourth-order valence-electron chi connectivity index (χ4n) is 2.65. The number of carbonyl (C=O) groups excluding carboxylic acids is 1.